The Morgan fingerprint density at radius 3 is 2.53 bits per heavy atom. The first kappa shape index (κ1) is 25.9. The smallest absolute Gasteiger partial charge is 0.227 e. The number of halogens is 2. The zero-order valence-corrected chi connectivity index (χ0v) is 20.4. The molecule has 0 aliphatic carbocycles. The second-order valence-corrected chi connectivity index (χ2v) is 7.31. The molecule has 0 radical (unpaired) electrons. The van der Waals surface area contributed by atoms with Crippen molar-refractivity contribution in [2.75, 3.05) is 31.1 Å². The molecule has 1 atom stereocenters. The van der Waals surface area contributed by atoms with E-state index in [-0.39, 0.29) is 48.9 Å². The fourth-order valence-corrected chi connectivity index (χ4v) is 3.21. The molecule has 3 N–H and O–H groups in total. The molecule has 0 spiro atoms. The summed E-state index contributed by atoms with van der Waals surface area (Å²) in [6.45, 7) is 4.22. The van der Waals surface area contributed by atoms with Gasteiger partial charge in [0.25, 0.3) is 0 Å². The predicted octanol–water partition coefficient (Wildman–Crippen LogP) is 3.07. The molecule has 1 saturated heterocycles. The Bertz CT molecular complexity index is 878. The average molecular weight is 556 g/mol. The number of carbonyl (C=O) groups excluding carboxylic acids is 1. The van der Waals surface area contributed by atoms with Gasteiger partial charge in [-0.2, -0.15) is 0 Å². The maximum atomic E-state index is 12.9. The number of guanidine groups is 1. The third kappa shape index (κ3) is 7.94. The molecule has 3 rings (SSSR count). The molecule has 1 aliphatic rings. The topological polar surface area (TPSA) is 86.2 Å². The summed E-state index contributed by atoms with van der Waals surface area (Å²) in [4.78, 5) is 18.2. The summed E-state index contributed by atoms with van der Waals surface area (Å²) in [5, 5.41) is 16.4. The molecule has 0 saturated carbocycles. The fourth-order valence-electron chi connectivity index (χ4n) is 3.21. The Morgan fingerprint density at radius 2 is 1.91 bits per heavy atom. The molecular weight excluding hydrogens is 526 g/mol. The van der Waals surface area contributed by atoms with Crippen molar-refractivity contribution >= 4 is 41.5 Å². The number of hydrogen-bond donors (Lipinski definition) is 3. The monoisotopic (exact) mass is 556 g/mol. The van der Waals surface area contributed by atoms with Crippen LogP contribution < -0.4 is 20.3 Å². The Labute approximate surface area is 205 Å². The maximum Gasteiger partial charge on any atom is 0.227 e. The number of aliphatic imine (C=N–C) groups is 1. The summed E-state index contributed by atoms with van der Waals surface area (Å²) in [6.07, 6.45) is 0.764. The van der Waals surface area contributed by atoms with Crippen LogP contribution in [0.5, 0.6) is 5.75 Å². The van der Waals surface area contributed by atoms with E-state index in [2.05, 4.69) is 15.6 Å². The number of hydrogen-bond acceptors (Lipinski definition) is 4. The first-order valence-corrected chi connectivity index (χ1v) is 10.5. The summed E-state index contributed by atoms with van der Waals surface area (Å²) in [7, 11) is 0. The fraction of sp³-hybridized carbons (Fsp3) is 0.391. The number of amides is 1. The molecule has 0 aromatic heterocycles. The third-order valence-corrected chi connectivity index (χ3v) is 4.85. The van der Waals surface area contributed by atoms with Gasteiger partial charge in [0.1, 0.15) is 24.3 Å². The molecule has 1 aliphatic heterocycles. The lowest BCUT2D eigenvalue weighted by molar-refractivity contribution is -0.117. The molecule has 32 heavy (non-hydrogen) atoms. The van der Waals surface area contributed by atoms with Gasteiger partial charge in [0, 0.05) is 31.7 Å². The molecule has 2 aromatic rings. The van der Waals surface area contributed by atoms with Crippen LogP contribution in [0.4, 0.5) is 10.1 Å². The number of aliphatic hydroxyl groups excluding tert-OH is 1. The van der Waals surface area contributed by atoms with Crippen molar-refractivity contribution < 1.29 is 19.0 Å². The highest BCUT2D eigenvalue weighted by molar-refractivity contribution is 14.0. The van der Waals surface area contributed by atoms with Crippen LogP contribution in [0.3, 0.4) is 0 Å². The van der Waals surface area contributed by atoms with E-state index in [1.807, 2.05) is 36.1 Å². The van der Waals surface area contributed by atoms with Gasteiger partial charge in [-0.25, -0.2) is 9.38 Å². The zero-order chi connectivity index (χ0) is 22.1. The van der Waals surface area contributed by atoms with Crippen LogP contribution in [-0.4, -0.2) is 49.3 Å². The second-order valence-electron chi connectivity index (χ2n) is 7.31. The lowest BCUT2D eigenvalue weighted by Gasteiger charge is -2.17. The van der Waals surface area contributed by atoms with Gasteiger partial charge in [-0.1, -0.05) is 12.1 Å². The van der Waals surface area contributed by atoms with Gasteiger partial charge < -0.3 is 25.4 Å². The van der Waals surface area contributed by atoms with Gasteiger partial charge in [0.15, 0.2) is 5.96 Å². The van der Waals surface area contributed by atoms with Crippen LogP contribution >= 0.6 is 24.0 Å². The van der Waals surface area contributed by atoms with Gasteiger partial charge >= 0.3 is 0 Å². The first-order chi connectivity index (χ1) is 15.0. The minimum atomic E-state index is -0.758. The number of nitrogens with zero attached hydrogens (tertiary/aromatic N) is 2. The van der Waals surface area contributed by atoms with E-state index < -0.39 is 6.10 Å². The highest BCUT2D eigenvalue weighted by Crippen LogP contribution is 2.21. The lowest BCUT2D eigenvalue weighted by Crippen LogP contribution is -2.42. The molecule has 1 amide bonds. The number of rotatable bonds is 9. The molecule has 0 bridgehead atoms. The minimum absolute atomic E-state index is 0. The quantitative estimate of drug-likeness (QED) is 0.251. The van der Waals surface area contributed by atoms with Crippen molar-refractivity contribution in [2.24, 2.45) is 4.99 Å². The molecular formula is C23H30FIN4O3. The van der Waals surface area contributed by atoms with Gasteiger partial charge in [-0.15, -0.1) is 24.0 Å². The highest BCUT2D eigenvalue weighted by atomic mass is 127. The largest absolute Gasteiger partial charge is 0.491 e. The van der Waals surface area contributed by atoms with Crippen molar-refractivity contribution in [3.8, 4) is 5.75 Å². The van der Waals surface area contributed by atoms with E-state index >= 15 is 0 Å². The second kappa shape index (κ2) is 13.2. The van der Waals surface area contributed by atoms with Crippen LogP contribution in [0.1, 0.15) is 25.3 Å². The van der Waals surface area contributed by atoms with Crippen molar-refractivity contribution in [3.05, 3.63) is 59.9 Å². The molecule has 1 heterocycles. The summed E-state index contributed by atoms with van der Waals surface area (Å²) >= 11 is 0. The number of nitrogens with one attached hydrogen (secondary N) is 2. The van der Waals surface area contributed by atoms with Crippen LogP contribution in [0.15, 0.2) is 53.5 Å². The normalized spacial score (nSPS) is 14.7. The first-order valence-electron chi connectivity index (χ1n) is 10.5. The van der Waals surface area contributed by atoms with E-state index in [1.54, 1.807) is 0 Å². The molecule has 7 nitrogen and oxygen atoms in total. The minimum Gasteiger partial charge on any atom is -0.491 e. The highest BCUT2D eigenvalue weighted by Gasteiger charge is 2.21. The SMILES string of the molecule is CCNC(=NCc1ccc(N2CCCC2=O)cc1)NCC(O)COc1ccc(F)cc1.I. The average Bonchev–Trinajstić information content (AvgIpc) is 3.21. The summed E-state index contributed by atoms with van der Waals surface area (Å²) in [6, 6.07) is 13.5. The Kier molecular flexibility index (Phi) is 10.7. The number of anilines is 1. The molecule has 2 aromatic carbocycles. The Balaban J connectivity index is 0.00000363. The van der Waals surface area contributed by atoms with Crippen LogP contribution in [0.25, 0.3) is 0 Å². The van der Waals surface area contributed by atoms with Crippen LogP contribution in [0.2, 0.25) is 0 Å². The van der Waals surface area contributed by atoms with Crippen molar-refractivity contribution in [1.82, 2.24) is 10.6 Å². The predicted molar refractivity (Wildman–Crippen MR) is 134 cm³/mol. The van der Waals surface area contributed by atoms with Crippen molar-refractivity contribution in [2.45, 2.75) is 32.4 Å². The number of benzene rings is 2. The summed E-state index contributed by atoms with van der Waals surface area (Å²) < 4.78 is 18.4. The van der Waals surface area contributed by atoms with Gasteiger partial charge in [-0.3, -0.25) is 4.79 Å². The molecule has 1 fully saturated rings. The van der Waals surface area contributed by atoms with Crippen LogP contribution in [0, 0.1) is 5.82 Å². The molecule has 9 heteroatoms. The summed E-state index contributed by atoms with van der Waals surface area (Å²) in [5.41, 5.74) is 1.94. The van der Waals surface area contributed by atoms with E-state index in [0.717, 1.165) is 24.2 Å². The van der Waals surface area contributed by atoms with E-state index in [1.165, 1.54) is 24.3 Å². The Hall–Kier alpha value is -2.40. The van der Waals surface area contributed by atoms with Gasteiger partial charge in [-0.05, 0) is 55.3 Å². The lowest BCUT2D eigenvalue weighted by atomic mass is 10.2. The zero-order valence-electron chi connectivity index (χ0n) is 18.1. The number of carbonyl (C=O) groups is 1. The van der Waals surface area contributed by atoms with Gasteiger partial charge in [0.2, 0.25) is 5.91 Å². The molecule has 1 unspecified atom stereocenters. The third-order valence-electron chi connectivity index (χ3n) is 4.85. The molecule has 174 valence electrons. The van der Waals surface area contributed by atoms with E-state index in [4.69, 9.17) is 4.74 Å². The van der Waals surface area contributed by atoms with Crippen molar-refractivity contribution in [3.63, 3.8) is 0 Å². The standard InChI is InChI=1S/C23H29FN4O3.HI/c1-2-25-23(27-15-20(29)16-31-21-11-7-18(24)8-12-21)26-14-17-5-9-19(10-6-17)28-13-3-4-22(28)30;/h5-12,20,29H,2-4,13-16H2,1H3,(H2,25,26,27);1H. The van der Waals surface area contributed by atoms with Crippen LogP contribution in [-0.2, 0) is 11.3 Å². The van der Waals surface area contributed by atoms with Gasteiger partial charge in [0.05, 0.1) is 6.54 Å². The van der Waals surface area contributed by atoms with E-state index in [9.17, 15) is 14.3 Å². The Morgan fingerprint density at radius 1 is 1.19 bits per heavy atom. The summed E-state index contributed by atoms with van der Waals surface area (Å²) in [5.74, 6) is 0.925. The maximum absolute atomic E-state index is 12.9. The number of ether oxygens (including phenoxy) is 1. The van der Waals surface area contributed by atoms with Crippen molar-refractivity contribution in [1.29, 1.82) is 0 Å². The van der Waals surface area contributed by atoms with E-state index in [0.29, 0.717) is 31.2 Å². The number of aliphatic hydroxyl groups is 1.